The number of cyclic esters (lactones) is 1. The summed E-state index contributed by atoms with van der Waals surface area (Å²) < 4.78 is 10.4. The first-order chi connectivity index (χ1) is 12.7. The summed E-state index contributed by atoms with van der Waals surface area (Å²) in [6, 6.07) is 16.7. The maximum atomic E-state index is 12.0. The SMILES string of the molecule is O=C(C#Cc1ccccc1)OC1C#Cc2ccccc2CCC(=O)OC1. The Morgan fingerprint density at radius 2 is 1.85 bits per heavy atom. The number of esters is 2. The van der Waals surface area contributed by atoms with Crippen LogP contribution in [0.5, 0.6) is 0 Å². The van der Waals surface area contributed by atoms with E-state index >= 15 is 0 Å². The molecule has 1 aliphatic heterocycles. The fourth-order valence-corrected chi connectivity index (χ4v) is 2.40. The Balaban J connectivity index is 1.75. The Hall–Kier alpha value is -3.50. The summed E-state index contributed by atoms with van der Waals surface area (Å²) in [5, 5.41) is 0. The van der Waals surface area contributed by atoms with Gasteiger partial charge in [-0.2, -0.15) is 0 Å². The first-order valence-electron chi connectivity index (χ1n) is 8.23. The number of carbonyl (C=O) groups is 2. The van der Waals surface area contributed by atoms with Gasteiger partial charge in [0, 0.05) is 23.5 Å². The van der Waals surface area contributed by atoms with Crippen LogP contribution < -0.4 is 0 Å². The molecule has 128 valence electrons. The van der Waals surface area contributed by atoms with Crippen LogP contribution >= 0.6 is 0 Å². The van der Waals surface area contributed by atoms with Gasteiger partial charge < -0.3 is 9.47 Å². The number of hydrogen-bond acceptors (Lipinski definition) is 4. The standard InChI is InChI=1S/C22H16O4/c23-21-15-12-19-9-5-4-8-18(19)11-13-20(16-25-21)26-22(24)14-10-17-6-2-1-3-7-17/h1-9,20H,12,15-16H2. The lowest BCUT2D eigenvalue weighted by molar-refractivity contribution is -0.152. The fourth-order valence-electron chi connectivity index (χ4n) is 2.40. The number of rotatable bonds is 1. The summed E-state index contributed by atoms with van der Waals surface area (Å²) >= 11 is 0. The van der Waals surface area contributed by atoms with Crippen LogP contribution in [-0.4, -0.2) is 24.6 Å². The van der Waals surface area contributed by atoms with E-state index in [-0.39, 0.29) is 19.0 Å². The molecule has 0 fully saturated rings. The van der Waals surface area contributed by atoms with E-state index in [4.69, 9.17) is 9.47 Å². The van der Waals surface area contributed by atoms with E-state index in [1.807, 2.05) is 42.5 Å². The lowest BCUT2D eigenvalue weighted by atomic mass is 10.0. The van der Waals surface area contributed by atoms with E-state index in [9.17, 15) is 9.59 Å². The Morgan fingerprint density at radius 3 is 2.69 bits per heavy atom. The van der Waals surface area contributed by atoms with Crippen molar-refractivity contribution in [2.45, 2.75) is 18.9 Å². The maximum absolute atomic E-state index is 12.0. The zero-order valence-electron chi connectivity index (χ0n) is 14.0. The number of benzene rings is 2. The third kappa shape index (κ3) is 5.00. The minimum Gasteiger partial charge on any atom is -0.461 e. The van der Waals surface area contributed by atoms with Gasteiger partial charge in [-0.3, -0.25) is 4.79 Å². The van der Waals surface area contributed by atoms with Crippen LogP contribution in [0.1, 0.15) is 23.1 Å². The van der Waals surface area contributed by atoms with Gasteiger partial charge in [0.2, 0.25) is 0 Å². The molecule has 0 bridgehead atoms. The van der Waals surface area contributed by atoms with Crippen LogP contribution in [0.4, 0.5) is 0 Å². The molecule has 4 nitrogen and oxygen atoms in total. The molecule has 26 heavy (non-hydrogen) atoms. The van der Waals surface area contributed by atoms with Crippen molar-refractivity contribution >= 4 is 11.9 Å². The minimum atomic E-state index is -0.859. The molecule has 0 N–H and O–H groups in total. The van der Waals surface area contributed by atoms with Gasteiger partial charge in [-0.25, -0.2) is 4.79 Å². The van der Waals surface area contributed by atoms with Crippen LogP contribution in [-0.2, 0) is 25.5 Å². The van der Waals surface area contributed by atoms with Gasteiger partial charge in [0.05, 0.1) is 0 Å². The monoisotopic (exact) mass is 344 g/mol. The molecule has 0 amide bonds. The largest absolute Gasteiger partial charge is 0.461 e. The highest BCUT2D eigenvalue weighted by Gasteiger charge is 2.15. The van der Waals surface area contributed by atoms with E-state index in [2.05, 4.69) is 23.7 Å². The zero-order valence-corrected chi connectivity index (χ0v) is 14.0. The molecule has 2 aromatic carbocycles. The highest BCUT2D eigenvalue weighted by molar-refractivity contribution is 5.89. The predicted molar refractivity (Wildman–Crippen MR) is 95.8 cm³/mol. The highest BCUT2D eigenvalue weighted by Crippen LogP contribution is 2.12. The molecule has 1 atom stereocenters. The van der Waals surface area contributed by atoms with Crippen molar-refractivity contribution in [2.75, 3.05) is 6.61 Å². The molecule has 0 aromatic heterocycles. The molecule has 3 rings (SSSR count). The van der Waals surface area contributed by atoms with E-state index in [0.29, 0.717) is 12.0 Å². The number of aryl methyl sites for hydroxylation is 1. The summed E-state index contributed by atoms with van der Waals surface area (Å²) in [4.78, 5) is 23.8. The normalized spacial score (nSPS) is 15.8. The van der Waals surface area contributed by atoms with Crippen LogP contribution in [0.15, 0.2) is 54.6 Å². The molecule has 0 aliphatic carbocycles. The third-order valence-electron chi connectivity index (χ3n) is 3.71. The second kappa shape index (κ2) is 8.55. The summed E-state index contributed by atoms with van der Waals surface area (Å²) in [5.74, 6) is 9.96. The van der Waals surface area contributed by atoms with Gasteiger partial charge in [0.1, 0.15) is 6.61 Å². The van der Waals surface area contributed by atoms with Crippen molar-refractivity contribution < 1.29 is 19.1 Å². The van der Waals surface area contributed by atoms with Crippen LogP contribution in [0.25, 0.3) is 0 Å². The average Bonchev–Trinajstić information content (AvgIpc) is 2.68. The van der Waals surface area contributed by atoms with Gasteiger partial charge in [-0.05, 0) is 36.1 Å². The smallest absolute Gasteiger partial charge is 0.386 e. The molecule has 2 aromatic rings. The zero-order chi connectivity index (χ0) is 18.2. The summed E-state index contributed by atoms with van der Waals surface area (Å²) in [6.07, 6.45) is -0.0354. The van der Waals surface area contributed by atoms with E-state index < -0.39 is 12.1 Å². The Morgan fingerprint density at radius 1 is 1.08 bits per heavy atom. The lowest BCUT2D eigenvalue weighted by Crippen LogP contribution is -2.24. The number of hydrogen-bond donors (Lipinski definition) is 0. The number of ether oxygens (including phenoxy) is 2. The summed E-state index contributed by atoms with van der Waals surface area (Å²) in [5.41, 5.74) is 2.49. The van der Waals surface area contributed by atoms with Crippen LogP contribution in [0, 0.1) is 23.7 Å². The number of carbonyl (C=O) groups excluding carboxylic acids is 2. The molecule has 1 unspecified atom stereocenters. The van der Waals surface area contributed by atoms with E-state index in [1.54, 1.807) is 12.1 Å². The van der Waals surface area contributed by atoms with Crippen molar-refractivity contribution in [2.24, 2.45) is 0 Å². The van der Waals surface area contributed by atoms with Crippen molar-refractivity contribution in [3.63, 3.8) is 0 Å². The summed E-state index contributed by atoms with van der Waals surface area (Å²) in [7, 11) is 0. The topological polar surface area (TPSA) is 52.6 Å². The fraction of sp³-hybridized carbons (Fsp3) is 0.182. The first-order valence-corrected chi connectivity index (χ1v) is 8.23. The average molecular weight is 344 g/mol. The molecule has 0 spiro atoms. The molecule has 0 radical (unpaired) electrons. The van der Waals surface area contributed by atoms with Crippen LogP contribution in [0.3, 0.4) is 0 Å². The van der Waals surface area contributed by atoms with Gasteiger partial charge >= 0.3 is 11.9 Å². The summed E-state index contributed by atoms with van der Waals surface area (Å²) in [6.45, 7) is -0.104. The molecular weight excluding hydrogens is 328 g/mol. The molecule has 0 saturated carbocycles. The third-order valence-corrected chi connectivity index (χ3v) is 3.71. The van der Waals surface area contributed by atoms with Gasteiger partial charge in [0.25, 0.3) is 0 Å². The molecule has 0 saturated heterocycles. The molecule has 1 heterocycles. The van der Waals surface area contributed by atoms with E-state index in [1.165, 1.54) is 0 Å². The Labute approximate surface area is 152 Å². The lowest BCUT2D eigenvalue weighted by Gasteiger charge is -2.13. The molecule has 4 heteroatoms. The molecule has 1 aliphatic rings. The second-order valence-electron chi connectivity index (χ2n) is 5.62. The van der Waals surface area contributed by atoms with Crippen LogP contribution in [0.2, 0.25) is 0 Å². The first kappa shape index (κ1) is 17.3. The molecular formula is C22H16O4. The minimum absolute atomic E-state index is 0.104. The van der Waals surface area contributed by atoms with Gasteiger partial charge in [-0.15, -0.1) is 0 Å². The quantitative estimate of drug-likeness (QED) is 0.589. The maximum Gasteiger partial charge on any atom is 0.386 e. The van der Waals surface area contributed by atoms with Crippen molar-refractivity contribution in [3.05, 3.63) is 71.3 Å². The predicted octanol–water partition coefficient (Wildman–Crippen LogP) is 2.49. The van der Waals surface area contributed by atoms with Crippen molar-refractivity contribution in [1.82, 2.24) is 0 Å². The highest BCUT2D eigenvalue weighted by atomic mass is 16.6. The van der Waals surface area contributed by atoms with Gasteiger partial charge in [0.15, 0.2) is 6.10 Å². The Bertz CT molecular complexity index is 923. The van der Waals surface area contributed by atoms with E-state index in [0.717, 1.165) is 11.1 Å². The number of fused-ring (bicyclic) bond motifs is 1. The van der Waals surface area contributed by atoms with Gasteiger partial charge in [-0.1, -0.05) is 48.2 Å². The second-order valence-corrected chi connectivity index (χ2v) is 5.62. The van der Waals surface area contributed by atoms with Crippen molar-refractivity contribution in [1.29, 1.82) is 0 Å². The van der Waals surface area contributed by atoms with Crippen molar-refractivity contribution in [3.8, 4) is 23.7 Å². The Kier molecular flexibility index (Phi) is 5.70.